The Balaban J connectivity index is 1.93. The van der Waals surface area contributed by atoms with E-state index in [0.29, 0.717) is 0 Å². The molecule has 1 N–H and O–H groups in total. The van der Waals surface area contributed by atoms with Crippen LogP contribution in [0, 0.1) is 0 Å². The van der Waals surface area contributed by atoms with Gasteiger partial charge < -0.3 is 9.73 Å². The molecule has 0 spiro atoms. The van der Waals surface area contributed by atoms with Gasteiger partial charge in [0.05, 0.1) is 12.1 Å². The van der Waals surface area contributed by atoms with Crippen molar-refractivity contribution in [3.63, 3.8) is 0 Å². The molecule has 108 valence electrons. The third-order valence-electron chi connectivity index (χ3n) is 3.33. The topological polar surface area (TPSA) is 38.1 Å². The number of hydrogen-bond acceptors (Lipinski definition) is 3. The average Bonchev–Trinajstić information content (AvgIpc) is 2.95. The van der Waals surface area contributed by atoms with Gasteiger partial charge in [-0.15, -0.1) is 0 Å². The first-order chi connectivity index (χ1) is 10.3. The number of benzene rings is 1. The highest BCUT2D eigenvalue weighted by Crippen LogP contribution is 2.29. The van der Waals surface area contributed by atoms with E-state index in [9.17, 15) is 0 Å². The van der Waals surface area contributed by atoms with Crippen LogP contribution in [0.2, 0.25) is 0 Å². The molecule has 0 saturated carbocycles. The van der Waals surface area contributed by atoms with Gasteiger partial charge in [0.15, 0.2) is 0 Å². The van der Waals surface area contributed by atoms with Crippen LogP contribution in [0.15, 0.2) is 51.5 Å². The zero-order chi connectivity index (χ0) is 14.7. The minimum absolute atomic E-state index is 0.761. The van der Waals surface area contributed by atoms with Crippen molar-refractivity contribution in [1.82, 2.24) is 10.3 Å². The third kappa shape index (κ3) is 3.17. The van der Waals surface area contributed by atoms with Gasteiger partial charge in [-0.1, -0.05) is 19.1 Å². The quantitative estimate of drug-likeness (QED) is 0.678. The van der Waals surface area contributed by atoms with E-state index in [2.05, 4.69) is 45.3 Å². The molecule has 4 heteroatoms. The van der Waals surface area contributed by atoms with Gasteiger partial charge in [-0.25, -0.2) is 0 Å². The Labute approximate surface area is 132 Å². The normalized spacial score (nSPS) is 11.1. The molecule has 0 atom stereocenters. The number of hydrogen-bond donors (Lipinski definition) is 1. The van der Waals surface area contributed by atoms with Crippen molar-refractivity contribution < 1.29 is 4.42 Å². The fourth-order valence-electron chi connectivity index (χ4n) is 2.34. The van der Waals surface area contributed by atoms with Crippen molar-refractivity contribution in [3.8, 4) is 11.3 Å². The molecule has 3 rings (SSSR count). The summed E-state index contributed by atoms with van der Waals surface area (Å²) in [6.07, 6.45) is 2.94. The lowest BCUT2D eigenvalue weighted by Gasteiger charge is -2.04. The summed E-state index contributed by atoms with van der Waals surface area (Å²) in [4.78, 5) is 4.52. The maximum absolute atomic E-state index is 5.94. The molecule has 0 unspecified atom stereocenters. The van der Waals surface area contributed by atoms with Crippen molar-refractivity contribution in [2.75, 3.05) is 6.54 Å². The Bertz CT molecular complexity index is 751. The first-order valence-electron chi connectivity index (χ1n) is 7.12. The van der Waals surface area contributed by atoms with E-state index in [1.807, 2.05) is 30.5 Å². The van der Waals surface area contributed by atoms with Gasteiger partial charge in [0.1, 0.15) is 11.5 Å². The Morgan fingerprint density at radius 1 is 1.24 bits per heavy atom. The van der Waals surface area contributed by atoms with Gasteiger partial charge in [0.2, 0.25) is 0 Å². The van der Waals surface area contributed by atoms with E-state index in [-0.39, 0.29) is 0 Å². The Kier molecular flexibility index (Phi) is 4.36. The van der Waals surface area contributed by atoms with E-state index in [1.165, 1.54) is 0 Å². The Morgan fingerprint density at radius 2 is 2.14 bits per heavy atom. The summed E-state index contributed by atoms with van der Waals surface area (Å²) in [6, 6.07) is 12.2. The lowest BCUT2D eigenvalue weighted by molar-refractivity contribution is 0.494. The van der Waals surface area contributed by atoms with E-state index in [0.717, 1.165) is 52.0 Å². The molecule has 3 aromatic rings. The molecular weight excluding hydrogens is 328 g/mol. The molecule has 0 radical (unpaired) electrons. The van der Waals surface area contributed by atoms with Crippen molar-refractivity contribution >= 4 is 26.8 Å². The van der Waals surface area contributed by atoms with Crippen LogP contribution in [0.25, 0.3) is 22.2 Å². The van der Waals surface area contributed by atoms with E-state index < -0.39 is 0 Å². The highest BCUT2D eigenvalue weighted by Gasteiger charge is 2.09. The van der Waals surface area contributed by atoms with Crippen LogP contribution in [-0.4, -0.2) is 11.5 Å². The monoisotopic (exact) mass is 344 g/mol. The Morgan fingerprint density at radius 3 is 3.00 bits per heavy atom. The zero-order valence-electron chi connectivity index (χ0n) is 11.9. The highest BCUT2D eigenvalue weighted by atomic mass is 79.9. The molecule has 0 aliphatic rings. The number of para-hydroxylation sites is 1. The van der Waals surface area contributed by atoms with Gasteiger partial charge >= 0.3 is 0 Å². The molecule has 0 aliphatic carbocycles. The van der Waals surface area contributed by atoms with Gasteiger partial charge in [-0.3, -0.25) is 4.98 Å². The standard InChI is InChI=1S/C17H17BrN2O/c1-2-8-19-11-14-6-7-16(21-14)15-5-3-4-12-9-13(18)10-20-17(12)15/h3-7,9-10,19H,2,8,11H2,1H3. The van der Waals surface area contributed by atoms with Crippen LogP contribution in [0.3, 0.4) is 0 Å². The van der Waals surface area contributed by atoms with Crippen molar-refractivity contribution in [3.05, 3.63) is 52.8 Å². The van der Waals surface area contributed by atoms with Crippen molar-refractivity contribution in [2.24, 2.45) is 0 Å². The summed E-state index contributed by atoms with van der Waals surface area (Å²) in [7, 11) is 0. The summed E-state index contributed by atoms with van der Waals surface area (Å²) in [5.74, 6) is 1.82. The average molecular weight is 345 g/mol. The minimum atomic E-state index is 0.761. The van der Waals surface area contributed by atoms with Crippen molar-refractivity contribution in [2.45, 2.75) is 19.9 Å². The smallest absolute Gasteiger partial charge is 0.136 e. The fraction of sp³-hybridized carbons (Fsp3) is 0.235. The maximum Gasteiger partial charge on any atom is 0.136 e. The van der Waals surface area contributed by atoms with Gasteiger partial charge in [-0.05, 0) is 53.2 Å². The predicted molar refractivity (Wildman–Crippen MR) is 89.1 cm³/mol. The van der Waals surface area contributed by atoms with E-state index in [1.54, 1.807) is 0 Å². The molecule has 0 aliphatic heterocycles. The maximum atomic E-state index is 5.94. The van der Waals surface area contributed by atoms with Crippen LogP contribution in [0.5, 0.6) is 0 Å². The fourth-order valence-corrected chi connectivity index (χ4v) is 2.69. The first-order valence-corrected chi connectivity index (χ1v) is 7.91. The largest absolute Gasteiger partial charge is 0.460 e. The van der Waals surface area contributed by atoms with Gasteiger partial charge in [-0.2, -0.15) is 0 Å². The van der Waals surface area contributed by atoms with Crippen LogP contribution in [0.4, 0.5) is 0 Å². The van der Waals surface area contributed by atoms with Gasteiger partial charge in [0, 0.05) is 21.6 Å². The molecule has 3 nitrogen and oxygen atoms in total. The van der Waals surface area contributed by atoms with Crippen LogP contribution < -0.4 is 5.32 Å². The molecule has 1 aromatic carbocycles. The lowest BCUT2D eigenvalue weighted by atomic mass is 10.1. The summed E-state index contributed by atoms with van der Waals surface area (Å²) in [5.41, 5.74) is 1.99. The molecule has 0 bridgehead atoms. The van der Waals surface area contributed by atoms with E-state index in [4.69, 9.17) is 4.42 Å². The molecular formula is C17H17BrN2O. The molecule has 0 fully saturated rings. The highest BCUT2D eigenvalue weighted by molar-refractivity contribution is 9.10. The second-order valence-corrected chi connectivity index (χ2v) is 5.89. The molecule has 0 amide bonds. The van der Waals surface area contributed by atoms with E-state index >= 15 is 0 Å². The summed E-state index contributed by atoms with van der Waals surface area (Å²) in [5, 5.41) is 4.45. The summed E-state index contributed by atoms with van der Waals surface area (Å²) >= 11 is 3.46. The summed E-state index contributed by atoms with van der Waals surface area (Å²) in [6.45, 7) is 3.91. The van der Waals surface area contributed by atoms with Crippen LogP contribution in [-0.2, 0) is 6.54 Å². The number of halogens is 1. The lowest BCUT2D eigenvalue weighted by Crippen LogP contribution is -2.12. The number of nitrogens with one attached hydrogen (secondary N) is 1. The summed E-state index contributed by atoms with van der Waals surface area (Å²) < 4.78 is 6.92. The number of aromatic nitrogens is 1. The number of rotatable bonds is 5. The zero-order valence-corrected chi connectivity index (χ0v) is 13.5. The SMILES string of the molecule is CCCNCc1ccc(-c2cccc3cc(Br)cnc23)o1. The van der Waals surface area contributed by atoms with Crippen LogP contribution >= 0.6 is 15.9 Å². The van der Waals surface area contributed by atoms with Crippen molar-refractivity contribution in [1.29, 1.82) is 0 Å². The second-order valence-electron chi connectivity index (χ2n) is 4.97. The number of furan rings is 1. The van der Waals surface area contributed by atoms with Gasteiger partial charge in [0.25, 0.3) is 0 Å². The minimum Gasteiger partial charge on any atom is -0.460 e. The first kappa shape index (κ1) is 14.3. The molecule has 2 heterocycles. The van der Waals surface area contributed by atoms with Crippen LogP contribution in [0.1, 0.15) is 19.1 Å². The second kappa shape index (κ2) is 6.41. The molecule has 0 saturated heterocycles. The molecule has 21 heavy (non-hydrogen) atoms. The number of pyridine rings is 1. The Hall–Kier alpha value is -1.65. The third-order valence-corrected chi connectivity index (χ3v) is 3.76. The number of nitrogens with zero attached hydrogens (tertiary/aromatic N) is 1. The predicted octanol–water partition coefficient (Wildman–Crippen LogP) is 4.76. The number of fused-ring (bicyclic) bond motifs is 1. The molecule has 2 aromatic heterocycles.